The van der Waals surface area contributed by atoms with Gasteiger partial charge in [0.1, 0.15) is 11.6 Å². The van der Waals surface area contributed by atoms with Gasteiger partial charge in [-0.25, -0.2) is 18.4 Å². The number of piperidine rings is 2. The highest BCUT2D eigenvalue weighted by atomic mass is 32.1. The molecule has 0 radical (unpaired) electrons. The lowest BCUT2D eigenvalue weighted by Gasteiger charge is -2.32. The number of carbonyl (C=O) groups is 2. The number of benzene rings is 2. The second kappa shape index (κ2) is 18.6. The number of hydrogen-bond donors (Lipinski definition) is 4. The first-order chi connectivity index (χ1) is 24.5. The van der Waals surface area contributed by atoms with Gasteiger partial charge < -0.3 is 30.2 Å². The molecule has 0 saturated carbocycles. The molecule has 0 bridgehead atoms. The lowest BCUT2D eigenvalue weighted by atomic mass is 9.91. The Morgan fingerprint density at radius 1 is 0.712 bits per heavy atom. The molecule has 2 fully saturated rings. The first-order valence-corrected chi connectivity index (χ1v) is 19.1. The zero-order valence-corrected chi connectivity index (χ0v) is 31.9. The van der Waals surface area contributed by atoms with E-state index in [1.54, 1.807) is 12.1 Å². The van der Waals surface area contributed by atoms with Crippen LogP contribution in [-0.2, 0) is 9.59 Å². The molecule has 0 amide bonds. The van der Waals surface area contributed by atoms with Gasteiger partial charge in [-0.2, -0.15) is 8.75 Å². The number of aliphatic carboxylic acids is 2. The molecule has 6 rings (SSSR count). The average molecular weight is 761 g/mol. The largest absolute Gasteiger partial charge is 0.478 e. The first-order valence-electron chi connectivity index (χ1n) is 17.6. The third-order valence-corrected chi connectivity index (χ3v) is 11.0. The molecule has 2 aliphatic rings. The average Bonchev–Trinajstić information content (AvgIpc) is 3.70. The first kappa shape index (κ1) is 41.4. The number of likely N-dealkylation sites (tertiary alicyclic amines) is 2. The van der Waals surface area contributed by atoms with Crippen LogP contribution in [0.15, 0.2) is 48.6 Å². The molecule has 4 aromatic rings. The van der Waals surface area contributed by atoms with Crippen LogP contribution >= 0.6 is 23.1 Å². The Kier molecular flexibility index (Phi) is 14.8. The van der Waals surface area contributed by atoms with Gasteiger partial charge in [-0.3, -0.25) is 0 Å². The van der Waals surface area contributed by atoms with Crippen LogP contribution in [-0.4, -0.2) is 101 Å². The summed E-state index contributed by atoms with van der Waals surface area (Å²) in [7, 11) is 0. The Balaban J connectivity index is 0.000000193. The van der Waals surface area contributed by atoms with Crippen molar-refractivity contribution in [3.8, 4) is 0 Å². The van der Waals surface area contributed by atoms with E-state index in [0.717, 1.165) is 109 Å². The molecule has 14 heteroatoms. The highest BCUT2D eigenvalue weighted by molar-refractivity contribution is 7.13. The predicted molar refractivity (Wildman–Crippen MR) is 202 cm³/mol. The number of rotatable bonds is 10. The van der Waals surface area contributed by atoms with Gasteiger partial charge in [0.25, 0.3) is 0 Å². The summed E-state index contributed by atoms with van der Waals surface area (Å²) in [5.41, 5.74) is 1.10. The molecule has 2 saturated heterocycles. The third-order valence-electron chi connectivity index (χ3n) is 9.32. The van der Waals surface area contributed by atoms with Gasteiger partial charge in [-0.1, -0.05) is 0 Å². The summed E-state index contributed by atoms with van der Waals surface area (Å²) in [5, 5.41) is 37.5. The van der Waals surface area contributed by atoms with E-state index >= 15 is 0 Å². The van der Waals surface area contributed by atoms with E-state index < -0.39 is 23.1 Å². The molecule has 2 aromatic carbocycles. The topological polar surface area (TPSA) is 147 Å². The zero-order chi connectivity index (χ0) is 38.1. The lowest BCUT2D eigenvalue weighted by molar-refractivity contribution is -0.134. The summed E-state index contributed by atoms with van der Waals surface area (Å²) < 4.78 is 37.6. The van der Waals surface area contributed by atoms with Crippen molar-refractivity contribution in [2.45, 2.75) is 89.3 Å². The molecular weight excluding hydrogens is 711 g/mol. The summed E-state index contributed by atoms with van der Waals surface area (Å²) in [6, 6.07) is 9.94. The van der Waals surface area contributed by atoms with E-state index in [1.807, 2.05) is 39.8 Å². The molecule has 0 atom stereocenters. The molecule has 4 heterocycles. The van der Waals surface area contributed by atoms with Gasteiger partial charge in [0.05, 0.1) is 32.0 Å². The van der Waals surface area contributed by atoms with Gasteiger partial charge in [-0.15, -0.1) is 0 Å². The van der Waals surface area contributed by atoms with Crippen molar-refractivity contribution >= 4 is 55.2 Å². The Morgan fingerprint density at radius 3 is 1.37 bits per heavy atom. The number of halogens is 2. The maximum absolute atomic E-state index is 13.3. The molecular formula is C38H50F2N4O6S2. The lowest BCUT2D eigenvalue weighted by Crippen LogP contribution is -2.36. The Bertz CT molecular complexity index is 1670. The van der Waals surface area contributed by atoms with Crippen molar-refractivity contribution in [1.82, 2.24) is 18.5 Å². The number of hydrogen-bond acceptors (Lipinski definition) is 10. The minimum Gasteiger partial charge on any atom is -0.478 e. The van der Waals surface area contributed by atoms with E-state index in [9.17, 15) is 28.6 Å². The number of nitrogens with zero attached hydrogens (tertiary/aromatic N) is 4. The van der Waals surface area contributed by atoms with Gasteiger partial charge in [-0.05, 0) is 152 Å². The molecule has 0 unspecified atom stereocenters. The maximum atomic E-state index is 13.3. The molecule has 284 valence electrons. The predicted octanol–water partition coefficient (Wildman–Crippen LogP) is 7.26. The van der Waals surface area contributed by atoms with Crippen LogP contribution in [0.3, 0.4) is 0 Å². The maximum Gasteiger partial charge on any atom is 0.328 e. The van der Waals surface area contributed by atoms with Crippen molar-refractivity contribution in [1.29, 1.82) is 0 Å². The van der Waals surface area contributed by atoms with Crippen molar-refractivity contribution in [2.24, 2.45) is 0 Å². The van der Waals surface area contributed by atoms with Gasteiger partial charge in [0.15, 0.2) is 0 Å². The Morgan fingerprint density at radius 2 is 1.06 bits per heavy atom. The fourth-order valence-corrected chi connectivity index (χ4v) is 8.08. The zero-order valence-electron chi connectivity index (χ0n) is 30.2. The highest BCUT2D eigenvalue weighted by Gasteiger charge is 2.27. The SMILES string of the molecule is CC(C)(O)CCN1CCC(c2nsc3cc(F)ccc23)CC1.CC(C)(O)CCN1CCC(c2nsc3cc(F)ccc23)CC1.O=C(O)/C=C/C(=O)O. The number of carboxylic acids is 2. The summed E-state index contributed by atoms with van der Waals surface area (Å²) in [4.78, 5) is 23.9. The summed E-state index contributed by atoms with van der Waals surface area (Å²) in [5.74, 6) is -1.96. The minimum absolute atomic E-state index is 0.191. The van der Waals surface area contributed by atoms with Crippen molar-refractivity contribution in [3.05, 3.63) is 71.6 Å². The van der Waals surface area contributed by atoms with Gasteiger partial charge in [0.2, 0.25) is 0 Å². The van der Waals surface area contributed by atoms with Crippen molar-refractivity contribution in [3.63, 3.8) is 0 Å². The highest BCUT2D eigenvalue weighted by Crippen LogP contribution is 2.36. The van der Waals surface area contributed by atoms with Crippen LogP contribution in [0.5, 0.6) is 0 Å². The summed E-state index contributed by atoms with van der Waals surface area (Å²) in [6.07, 6.45) is 7.06. The number of aliphatic hydroxyl groups is 2. The number of fused-ring (bicyclic) bond motifs is 2. The molecule has 10 nitrogen and oxygen atoms in total. The third kappa shape index (κ3) is 13.2. The number of carboxylic acid groups (broad SMARTS) is 2. The van der Waals surface area contributed by atoms with E-state index in [2.05, 4.69) is 18.5 Å². The van der Waals surface area contributed by atoms with Crippen LogP contribution in [0.4, 0.5) is 8.78 Å². The van der Waals surface area contributed by atoms with E-state index in [4.69, 9.17) is 10.2 Å². The quantitative estimate of drug-likeness (QED) is 0.122. The molecule has 2 aliphatic heterocycles. The van der Waals surface area contributed by atoms with Gasteiger partial charge >= 0.3 is 11.9 Å². The molecule has 52 heavy (non-hydrogen) atoms. The summed E-state index contributed by atoms with van der Waals surface area (Å²) in [6.45, 7) is 13.5. The fourth-order valence-electron chi connectivity index (χ4n) is 6.32. The number of aromatic nitrogens is 2. The normalized spacial score (nSPS) is 16.8. The van der Waals surface area contributed by atoms with E-state index in [1.165, 1.54) is 35.2 Å². The van der Waals surface area contributed by atoms with E-state index in [0.29, 0.717) is 24.0 Å². The van der Waals surface area contributed by atoms with Crippen LogP contribution in [0.25, 0.3) is 20.2 Å². The van der Waals surface area contributed by atoms with Crippen LogP contribution in [0, 0.1) is 11.6 Å². The minimum atomic E-state index is -1.26. The smallest absolute Gasteiger partial charge is 0.328 e. The van der Waals surface area contributed by atoms with E-state index in [-0.39, 0.29) is 11.6 Å². The van der Waals surface area contributed by atoms with Crippen LogP contribution < -0.4 is 0 Å². The monoisotopic (exact) mass is 760 g/mol. The second-order valence-electron chi connectivity index (χ2n) is 14.8. The Hall–Kier alpha value is -3.40. The fraction of sp³-hybridized carbons (Fsp3) is 0.526. The summed E-state index contributed by atoms with van der Waals surface area (Å²) >= 11 is 2.80. The van der Waals surface area contributed by atoms with Crippen molar-refractivity contribution < 1.29 is 38.8 Å². The molecule has 4 N–H and O–H groups in total. The van der Waals surface area contributed by atoms with Crippen molar-refractivity contribution in [2.75, 3.05) is 39.3 Å². The second-order valence-corrected chi connectivity index (χ2v) is 16.4. The van der Waals surface area contributed by atoms with Crippen LogP contribution in [0.1, 0.15) is 89.4 Å². The molecule has 2 aromatic heterocycles. The van der Waals surface area contributed by atoms with Gasteiger partial charge in [0, 0.05) is 47.8 Å². The van der Waals surface area contributed by atoms with Crippen LogP contribution in [0.2, 0.25) is 0 Å². The Labute approximate surface area is 311 Å². The molecule has 0 aliphatic carbocycles. The molecule has 0 spiro atoms. The standard InChI is InChI=1S/2C17H23FN2OS.C4H4O4/c2*1-17(2,21)7-10-20-8-5-12(6-9-20)16-14-4-3-13(18)11-15(14)22-19-16;5-3(6)1-2-4(7)8/h2*3-4,11-12,21H,5-10H2,1-2H3;1-2H,(H,5,6)(H,7,8)/b;;2-1+.